The van der Waals surface area contributed by atoms with Crippen LogP contribution in [0.3, 0.4) is 0 Å². The summed E-state index contributed by atoms with van der Waals surface area (Å²) in [5.74, 6) is 1.23. The number of alkyl halides is 3. The van der Waals surface area contributed by atoms with E-state index in [1.165, 1.54) is 12.1 Å². The molecule has 21 heavy (non-hydrogen) atoms. The molecule has 0 fully saturated rings. The highest BCUT2D eigenvalue weighted by Gasteiger charge is 2.34. The highest BCUT2D eigenvalue weighted by molar-refractivity contribution is 5.32. The topological polar surface area (TPSA) is 38.1 Å². The van der Waals surface area contributed by atoms with Crippen molar-refractivity contribution < 1.29 is 17.6 Å². The van der Waals surface area contributed by atoms with Crippen LogP contribution in [-0.4, -0.2) is 4.98 Å². The predicted octanol–water partition coefficient (Wildman–Crippen LogP) is 4.11. The molecule has 0 bridgehead atoms. The van der Waals surface area contributed by atoms with Crippen molar-refractivity contribution >= 4 is 0 Å². The lowest BCUT2D eigenvalue weighted by Crippen LogP contribution is -2.21. The van der Waals surface area contributed by atoms with E-state index in [2.05, 4.69) is 10.3 Å². The molecule has 0 spiro atoms. The fourth-order valence-electron chi connectivity index (χ4n) is 2.08. The van der Waals surface area contributed by atoms with E-state index in [9.17, 15) is 13.2 Å². The highest BCUT2D eigenvalue weighted by atomic mass is 19.4. The number of rotatable bonds is 5. The van der Waals surface area contributed by atoms with Crippen molar-refractivity contribution in [1.82, 2.24) is 10.3 Å². The molecule has 0 radical (unpaired) electrons. The number of aryl methyl sites for hydroxylation is 1. The number of aromatic nitrogens is 1. The van der Waals surface area contributed by atoms with E-state index in [0.717, 1.165) is 18.2 Å². The number of benzene rings is 1. The largest absolute Gasteiger partial charge is 0.444 e. The summed E-state index contributed by atoms with van der Waals surface area (Å²) in [7, 11) is 0. The minimum atomic E-state index is -4.36. The zero-order valence-corrected chi connectivity index (χ0v) is 11.9. The van der Waals surface area contributed by atoms with Crippen LogP contribution in [0.5, 0.6) is 0 Å². The smallest absolute Gasteiger partial charge is 0.416 e. The van der Waals surface area contributed by atoms with Gasteiger partial charge in [-0.25, -0.2) is 4.98 Å². The van der Waals surface area contributed by atoms with Crippen molar-refractivity contribution in [2.75, 3.05) is 0 Å². The second kappa shape index (κ2) is 6.30. The standard InChI is InChI=1S/C15H17F3N2O/c1-3-11-8-20-14(21-11)9-19-10(2)12-6-4-5-7-13(12)15(16,17)18/h4-8,10,19H,3,9H2,1-2H3. The quantitative estimate of drug-likeness (QED) is 0.903. The summed E-state index contributed by atoms with van der Waals surface area (Å²) in [6.45, 7) is 3.92. The Morgan fingerprint density at radius 1 is 1.29 bits per heavy atom. The van der Waals surface area contributed by atoms with E-state index in [-0.39, 0.29) is 12.1 Å². The predicted molar refractivity (Wildman–Crippen MR) is 72.6 cm³/mol. The monoisotopic (exact) mass is 298 g/mol. The van der Waals surface area contributed by atoms with Crippen LogP contribution in [0.1, 0.15) is 42.7 Å². The van der Waals surface area contributed by atoms with Crippen molar-refractivity contribution in [1.29, 1.82) is 0 Å². The Hall–Kier alpha value is -1.82. The van der Waals surface area contributed by atoms with E-state index in [1.807, 2.05) is 6.92 Å². The van der Waals surface area contributed by atoms with Gasteiger partial charge in [-0.15, -0.1) is 0 Å². The van der Waals surface area contributed by atoms with Gasteiger partial charge in [0, 0.05) is 12.5 Å². The van der Waals surface area contributed by atoms with E-state index in [0.29, 0.717) is 5.89 Å². The Morgan fingerprint density at radius 3 is 2.62 bits per heavy atom. The number of hydrogen-bond acceptors (Lipinski definition) is 3. The van der Waals surface area contributed by atoms with Gasteiger partial charge in [-0.3, -0.25) is 0 Å². The van der Waals surface area contributed by atoms with Crippen LogP contribution in [0.2, 0.25) is 0 Å². The van der Waals surface area contributed by atoms with Crippen LogP contribution in [0.25, 0.3) is 0 Å². The molecule has 1 aromatic carbocycles. The Bertz CT molecular complexity index is 593. The molecular weight excluding hydrogens is 281 g/mol. The molecule has 2 rings (SSSR count). The van der Waals surface area contributed by atoms with Crippen molar-refractivity contribution in [3.8, 4) is 0 Å². The molecule has 1 unspecified atom stereocenters. The fraction of sp³-hybridized carbons (Fsp3) is 0.400. The normalized spacial score (nSPS) is 13.4. The third kappa shape index (κ3) is 3.85. The van der Waals surface area contributed by atoms with Gasteiger partial charge in [-0.1, -0.05) is 25.1 Å². The average molecular weight is 298 g/mol. The molecule has 2 aromatic rings. The molecule has 1 N–H and O–H groups in total. The summed E-state index contributed by atoms with van der Waals surface area (Å²) in [4.78, 5) is 4.07. The summed E-state index contributed by atoms with van der Waals surface area (Å²) >= 11 is 0. The van der Waals surface area contributed by atoms with Crippen LogP contribution < -0.4 is 5.32 Å². The zero-order valence-electron chi connectivity index (χ0n) is 11.9. The summed E-state index contributed by atoms with van der Waals surface area (Å²) in [5.41, 5.74) is -0.404. The summed E-state index contributed by atoms with van der Waals surface area (Å²) in [6, 6.07) is 5.10. The lowest BCUT2D eigenvalue weighted by Gasteiger charge is -2.18. The number of hydrogen-bond donors (Lipinski definition) is 1. The molecule has 0 aliphatic rings. The first-order chi connectivity index (χ1) is 9.91. The highest BCUT2D eigenvalue weighted by Crippen LogP contribution is 2.34. The second-order valence-electron chi connectivity index (χ2n) is 4.76. The fourth-order valence-corrected chi connectivity index (χ4v) is 2.08. The molecule has 0 saturated heterocycles. The Morgan fingerprint density at radius 2 is 2.00 bits per heavy atom. The van der Waals surface area contributed by atoms with Gasteiger partial charge in [0.05, 0.1) is 18.3 Å². The maximum atomic E-state index is 13.0. The Labute approximate surface area is 121 Å². The number of halogens is 3. The van der Waals surface area contributed by atoms with Gasteiger partial charge in [0.1, 0.15) is 5.76 Å². The molecule has 0 aliphatic heterocycles. The number of nitrogens with zero attached hydrogens (tertiary/aromatic N) is 1. The summed E-state index contributed by atoms with van der Waals surface area (Å²) in [6.07, 6.45) is -1.99. The molecule has 6 heteroatoms. The van der Waals surface area contributed by atoms with Gasteiger partial charge >= 0.3 is 6.18 Å². The van der Waals surface area contributed by atoms with Crippen molar-refractivity contribution in [2.24, 2.45) is 0 Å². The van der Waals surface area contributed by atoms with Gasteiger partial charge in [0.2, 0.25) is 5.89 Å². The maximum Gasteiger partial charge on any atom is 0.416 e. The van der Waals surface area contributed by atoms with Crippen molar-refractivity contribution in [2.45, 2.75) is 39.0 Å². The first-order valence-electron chi connectivity index (χ1n) is 6.75. The molecule has 1 atom stereocenters. The Balaban J connectivity index is 2.08. The molecule has 0 amide bonds. The zero-order chi connectivity index (χ0) is 15.5. The summed E-state index contributed by atoms with van der Waals surface area (Å²) < 4.78 is 44.3. The molecule has 3 nitrogen and oxygen atoms in total. The van der Waals surface area contributed by atoms with E-state index in [4.69, 9.17) is 4.42 Å². The van der Waals surface area contributed by atoms with Gasteiger partial charge in [-0.05, 0) is 18.6 Å². The van der Waals surface area contributed by atoms with E-state index in [1.54, 1.807) is 19.2 Å². The molecule has 0 saturated carbocycles. The lowest BCUT2D eigenvalue weighted by atomic mass is 10.0. The van der Waals surface area contributed by atoms with Crippen LogP contribution in [-0.2, 0) is 19.1 Å². The van der Waals surface area contributed by atoms with Crippen molar-refractivity contribution in [3.05, 3.63) is 53.2 Å². The van der Waals surface area contributed by atoms with Crippen LogP contribution in [0.15, 0.2) is 34.9 Å². The number of nitrogens with one attached hydrogen (secondary N) is 1. The van der Waals surface area contributed by atoms with Gasteiger partial charge in [0.25, 0.3) is 0 Å². The molecule has 114 valence electrons. The third-order valence-corrected chi connectivity index (χ3v) is 3.24. The minimum Gasteiger partial charge on any atom is -0.444 e. The van der Waals surface area contributed by atoms with Crippen LogP contribution >= 0.6 is 0 Å². The number of oxazole rings is 1. The van der Waals surface area contributed by atoms with E-state index < -0.39 is 17.8 Å². The van der Waals surface area contributed by atoms with Crippen LogP contribution in [0, 0.1) is 0 Å². The SMILES string of the molecule is CCc1cnc(CNC(C)c2ccccc2C(F)(F)F)o1. The average Bonchev–Trinajstić information content (AvgIpc) is 2.92. The van der Waals surface area contributed by atoms with E-state index >= 15 is 0 Å². The minimum absolute atomic E-state index is 0.215. The first-order valence-corrected chi connectivity index (χ1v) is 6.75. The summed E-state index contributed by atoms with van der Waals surface area (Å²) in [5, 5.41) is 3.01. The van der Waals surface area contributed by atoms with Gasteiger partial charge in [0.15, 0.2) is 0 Å². The lowest BCUT2D eigenvalue weighted by molar-refractivity contribution is -0.138. The molecule has 1 aromatic heterocycles. The first kappa shape index (κ1) is 15.6. The maximum absolute atomic E-state index is 13.0. The van der Waals surface area contributed by atoms with Crippen LogP contribution in [0.4, 0.5) is 13.2 Å². The Kier molecular flexibility index (Phi) is 4.67. The van der Waals surface area contributed by atoms with Gasteiger partial charge in [-0.2, -0.15) is 13.2 Å². The van der Waals surface area contributed by atoms with Crippen molar-refractivity contribution in [3.63, 3.8) is 0 Å². The third-order valence-electron chi connectivity index (χ3n) is 3.24. The second-order valence-corrected chi connectivity index (χ2v) is 4.76. The van der Waals surface area contributed by atoms with Gasteiger partial charge < -0.3 is 9.73 Å². The molecule has 0 aliphatic carbocycles. The molecular formula is C15H17F3N2O. The molecule has 1 heterocycles.